The van der Waals surface area contributed by atoms with Gasteiger partial charge in [-0.3, -0.25) is 15.1 Å². The number of carbonyl (C=O) groups is 2. The molecule has 1 aliphatic carbocycles. The Hall–Kier alpha value is -4.13. The number of ether oxygens (including phenoxy) is 1. The normalized spacial score (nSPS) is 17.2. The molecule has 9 nitrogen and oxygen atoms in total. The minimum atomic E-state index is -1.13. The van der Waals surface area contributed by atoms with Gasteiger partial charge in [-0.25, -0.2) is 9.18 Å². The van der Waals surface area contributed by atoms with E-state index in [2.05, 4.69) is 31.9 Å². The first-order valence-electron chi connectivity index (χ1n) is 10.3. The molecule has 4 rings (SSSR count). The molecule has 168 valence electrons. The van der Waals surface area contributed by atoms with E-state index in [0.29, 0.717) is 33.3 Å². The molecule has 0 aliphatic heterocycles. The van der Waals surface area contributed by atoms with Crippen molar-refractivity contribution in [3.8, 4) is 17.2 Å². The summed E-state index contributed by atoms with van der Waals surface area (Å²) in [5, 5.41) is 23.4. The van der Waals surface area contributed by atoms with Crippen LogP contribution in [0.25, 0.3) is 22.0 Å². The molecule has 0 bridgehead atoms. The van der Waals surface area contributed by atoms with Crippen LogP contribution in [0.3, 0.4) is 0 Å². The first-order valence-corrected chi connectivity index (χ1v) is 10.3. The fraction of sp³-hybridized carbons (Fsp3) is 0.304. The van der Waals surface area contributed by atoms with Crippen LogP contribution in [0.1, 0.15) is 32.8 Å². The van der Waals surface area contributed by atoms with Crippen molar-refractivity contribution in [3.05, 3.63) is 42.2 Å². The molecule has 1 aromatic carbocycles. The molecule has 1 fully saturated rings. The second-order valence-corrected chi connectivity index (χ2v) is 8.70. The second kappa shape index (κ2) is 8.43. The Morgan fingerprint density at radius 3 is 2.64 bits per heavy atom. The van der Waals surface area contributed by atoms with Crippen LogP contribution in [0.4, 0.5) is 20.7 Å². The average Bonchev–Trinajstić information content (AvgIpc) is 3.48. The summed E-state index contributed by atoms with van der Waals surface area (Å²) in [6.07, 6.45) is 1.43. The molecule has 33 heavy (non-hydrogen) atoms. The quantitative estimate of drug-likeness (QED) is 0.611. The zero-order valence-electron chi connectivity index (χ0n) is 18.2. The fourth-order valence-corrected chi connectivity index (χ4v) is 3.26. The van der Waals surface area contributed by atoms with E-state index in [4.69, 9.17) is 4.74 Å². The zero-order valence-corrected chi connectivity index (χ0v) is 18.2. The number of carbonyl (C=O) groups excluding carboxylic acids is 2. The molecule has 2 N–H and O–H groups in total. The van der Waals surface area contributed by atoms with Crippen LogP contribution >= 0.6 is 0 Å². The highest BCUT2D eigenvalue weighted by atomic mass is 19.1. The number of halogens is 1. The van der Waals surface area contributed by atoms with Crippen molar-refractivity contribution in [1.29, 1.82) is 5.26 Å². The molecule has 10 heteroatoms. The van der Waals surface area contributed by atoms with E-state index in [1.54, 1.807) is 51.2 Å². The number of pyridine rings is 1. The smallest absolute Gasteiger partial charge is 0.412 e. The summed E-state index contributed by atoms with van der Waals surface area (Å²) in [4.78, 5) is 28.6. The van der Waals surface area contributed by atoms with E-state index >= 15 is 0 Å². The highest BCUT2D eigenvalue weighted by Crippen LogP contribution is 2.35. The van der Waals surface area contributed by atoms with Crippen molar-refractivity contribution in [2.45, 2.75) is 39.0 Å². The van der Waals surface area contributed by atoms with Crippen LogP contribution in [-0.4, -0.2) is 39.0 Å². The number of nitriles is 1. The number of alkyl halides is 1. The van der Waals surface area contributed by atoms with Crippen LogP contribution in [-0.2, 0) is 9.53 Å². The van der Waals surface area contributed by atoms with Gasteiger partial charge in [-0.2, -0.15) is 5.26 Å². The lowest BCUT2D eigenvalue weighted by atomic mass is 10.00. The molecule has 2 heterocycles. The van der Waals surface area contributed by atoms with Gasteiger partial charge in [0.2, 0.25) is 5.91 Å². The van der Waals surface area contributed by atoms with Crippen LogP contribution in [0.2, 0.25) is 0 Å². The topological polar surface area (TPSA) is 130 Å². The number of benzene rings is 1. The number of amides is 2. The third-order valence-electron chi connectivity index (χ3n) is 4.88. The first kappa shape index (κ1) is 22.1. The summed E-state index contributed by atoms with van der Waals surface area (Å²) < 4.78 is 18.5. The number of nitrogens with zero attached hydrogens (tertiary/aromatic N) is 4. The van der Waals surface area contributed by atoms with Gasteiger partial charge in [0.25, 0.3) is 0 Å². The van der Waals surface area contributed by atoms with Crippen LogP contribution < -0.4 is 10.6 Å². The van der Waals surface area contributed by atoms with E-state index in [9.17, 15) is 19.2 Å². The van der Waals surface area contributed by atoms with Gasteiger partial charge in [0, 0.05) is 23.3 Å². The molecule has 0 radical (unpaired) electrons. The monoisotopic (exact) mass is 448 g/mol. The summed E-state index contributed by atoms with van der Waals surface area (Å²) in [6.45, 7) is 5.23. The molecular weight excluding hydrogens is 427 g/mol. The highest BCUT2D eigenvalue weighted by molar-refractivity contribution is 6.02. The van der Waals surface area contributed by atoms with E-state index in [-0.39, 0.29) is 12.2 Å². The van der Waals surface area contributed by atoms with Gasteiger partial charge in [0.1, 0.15) is 17.3 Å². The van der Waals surface area contributed by atoms with Crippen LogP contribution in [0, 0.1) is 17.2 Å². The summed E-state index contributed by atoms with van der Waals surface area (Å²) in [6, 6.07) is 8.67. The number of nitrogens with one attached hydrogen (secondary N) is 2. The minimum absolute atomic E-state index is 0.152. The predicted octanol–water partition coefficient (Wildman–Crippen LogP) is 4.21. The van der Waals surface area contributed by atoms with Gasteiger partial charge in [0.05, 0.1) is 23.2 Å². The summed E-state index contributed by atoms with van der Waals surface area (Å²) >= 11 is 0. The van der Waals surface area contributed by atoms with Crippen molar-refractivity contribution >= 4 is 34.4 Å². The molecule has 0 spiro atoms. The SMILES string of the molecule is CC(C)(C)OC(=O)Nc1cc(-c2cnccc2C#N)cc2cc(NC(=O)[C@@H]3CC3F)nnc12. The van der Waals surface area contributed by atoms with E-state index < -0.39 is 29.7 Å². The van der Waals surface area contributed by atoms with Crippen LogP contribution in [0.15, 0.2) is 36.7 Å². The Balaban J connectivity index is 1.77. The lowest BCUT2D eigenvalue weighted by Crippen LogP contribution is -2.27. The second-order valence-electron chi connectivity index (χ2n) is 8.70. The highest BCUT2D eigenvalue weighted by Gasteiger charge is 2.43. The van der Waals surface area contributed by atoms with Gasteiger partial charge < -0.3 is 10.1 Å². The average molecular weight is 448 g/mol. The predicted molar refractivity (Wildman–Crippen MR) is 119 cm³/mol. The van der Waals surface area contributed by atoms with Gasteiger partial charge >= 0.3 is 6.09 Å². The molecule has 1 unspecified atom stereocenters. The number of aromatic nitrogens is 3. The summed E-state index contributed by atoms with van der Waals surface area (Å²) in [7, 11) is 0. The maximum Gasteiger partial charge on any atom is 0.412 e. The van der Waals surface area contributed by atoms with Gasteiger partial charge in [-0.15, -0.1) is 10.2 Å². The lowest BCUT2D eigenvalue weighted by molar-refractivity contribution is -0.117. The number of fused-ring (bicyclic) bond motifs is 1. The van der Waals surface area contributed by atoms with Crippen molar-refractivity contribution in [3.63, 3.8) is 0 Å². The Morgan fingerprint density at radius 2 is 1.97 bits per heavy atom. The third-order valence-corrected chi connectivity index (χ3v) is 4.88. The van der Waals surface area contributed by atoms with Crippen molar-refractivity contribution in [2.24, 2.45) is 5.92 Å². The van der Waals surface area contributed by atoms with E-state index in [0.717, 1.165) is 0 Å². The molecular formula is C23H21FN6O3. The Kier molecular flexibility index (Phi) is 5.64. The lowest BCUT2D eigenvalue weighted by Gasteiger charge is -2.20. The number of anilines is 2. The van der Waals surface area contributed by atoms with E-state index in [1.807, 2.05) is 0 Å². The molecule has 2 amide bonds. The maximum atomic E-state index is 13.2. The Labute approximate surface area is 189 Å². The summed E-state index contributed by atoms with van der Waals surface area (Å²) in [5.41, 5.74) is 1.48. The van der Waals surface area contributed by atoms with Gasteiger partial charge in [0.15, 0.2) is 5.82 Å². The standard InChI is InChI=1S/C23H21FN6O3/c1-23(2,3)33-22(32)27-18-7-13(16-11-26-5-4-12(16)10-25)6-14-8-19(29-30-20(14)18)28-21(31)15-9-17(15)24/h4-8,11,15,17H,9H2,1-3H3,(H,27,32)(H,28,29,31)/t15-,17?/m1/s1. The summed E-state index contributed by atoms with van der Waals surface area (Å²) in [5.74, 6) is -0.982. The molecule has 0 saturated heterocycles. The fourth-order valence-electron chi connectivity index (χ4n) is 3.26. The van der Waals surface area contributed by atoms with Crippen molar-refractivity contribution in [1.82, 2.24) is 15.2 Å². The zero-order chi connectivity index (χ0) is 23.8. The Bertz CT molecular complexity index is 1300. The minimum Gasteiger partial charge on any atom is -0.444 e. The van der Waals surface area contributed by atoms with Crippen LogP contribution in [0.5, 0.6) is 0 Å². The first-order chi connectivity index (χ1) is 15.6. The molecule has 1 saturated carbocycles. The maximum absolute atomic E-state index is 13.2. The number of rotatable bonds is 4. The number of hydrogen-bond acceptors (Lipinski definition) is 7. The van der Waals surface area contributed by atoms with E-state index in [1.165, 1.54) is 6.20 Å². The largest absolute Gasteiger partial charge is 0.444 e. The van der Waals surface area contributed by atoms with Crippen molar-refractivity contribution < 1.29 is 18.7 Å². The molecule has 3 aromatic rings. The third kappa shape index (κ3) is 5.03. The van der Waals surface area contributed by atoms with Gasteiger partial charge in [-0.05, 0) is 57.0 Å². The molecule has 2 aromatic heterocycles. The molecule has 2 atom stereocenters. The number of hydrogen-bond donors (Lipinski definition) is 2. The van der Waals surface area contributed by atoms with Gasteiger partial charge in [-0.1, -0.05) is 0 Å². The Morgan fingerprint density at radius 1 is 1.21 bits per heavy atom. The van der Waals surface area contributed by atoms with Crippen molar-refractivity contribution in [2.75, 3.05) is 10.6 Å². The molecule has 1 aliphatic rings.